The number of ether oxygens (including phenoxy) is 1. The normalized spacial score (nSPS) is 17.0. The van der Waals surface area contributed by atoms with Crippen LogP contribution in [-0.2, 0) is 11.2 Å². The maximum atomic E-state index is 5.52. The van der Waals surface area contributed by atoms with Crippen LogP contribution in [-0.4, -0.2) is 43.0 Å². The van der Waals surface area contributed by atoms with Gasteiger partial charge in [0.25, 0.3) is 0 Å². The lowest BCUT2D eigenvalue weighted by molar-refractivity contribution is 0.120. The maximum Gasteiger partial charge on any atom is 0.318 e. The van der Waals surface area contributed by atoms with Crippen LogP contribution in [0.2, 0.25) is 0 Å². The van der Waals surface area contributed by atoms with Crippen molar-refractivity contribution in [2.24, 2.45) is 5.73 Å². The third kappa shape index (κ3) is 2.66. The monoisotopic (exact) mass is 212 g/mol. The third-order valence-corrected chi connectivity index (χ3v) is 2.33. The lowest BCUT2D eigenvalue weighted by atomic mass is 10.3. The fourth-order valence-corrected chi connectivity index (χ4v) is 1.48. The standard InChI is InChI=1S/C9H16N4O2/c10-3-1-2-8-11-12-9(15-8)13-4-6-14-7-5-13/h1-7,10H2. The van der Waals surface area contributed by atoms with Gasteiger partial charge in [-0.1, -0.05) is 5.10 Å². The van der Waals surface area contributed by atoms with Crippen molar-refractivity contribution in [2.75, 3.05) is 37.7 Å². The van der Waals surface area contributed by atoms with Gasteiger partial charge in [0.1, 0.15) is 0 Å². The van der Waals surface area contributed by atoms with Crippen LogP contribution in [0, 0.1) is 0 Å². The van der Waals surface area contributed by atoms with E-state index in [9.17, 15) is 0 Å². The summed E-state index contributed by atoms with van der Waals surface area (Å²) in [4.78, 5) is 2.04. The number of anilines is 1. The number of morpholine rings is 1. The minimum absolute atomic E-state index is 0.602. The van der Waals surface area contributed by atoms with E-state index in [1.165, 1.54) is 0 Å². The fraction of sp³-hybridized carbons (Fsp3) is 0.778. The molecule has 1 aromatic rings. The van der Waals surface area contributed by atoms with Crippen molar-refractivity contribution in [3.05, 3.63) is 5.89 Å². The molecule has 6 nitrogen and oxygen atoms in total. The molecule has 6 heteroatoms. The molecule has 0 atom stereocenters. The Morgan fingerprint density at radius 1 is 1.27 bits per heavy atom. The molecule has 0 aromatic carbocycles. The zero-order chi connectivity index (χ0) is 10.5. The average molecular weight is 212 g/mol. The molecule has 1 saturated heterocycles. The van der Waals surface area contributed by atoms with Gasteiger partial charge in [-0.3, -0.25) is 0 Å². The molecular weight excluding hydrogens is 196 g/mol. The molecule has 0 saturated carbocycles. The number of nitrogens with two attached hydrogens (primary N) is 1. The van der Waals surface area contributed by atoms with Crippen molar-refractivity contribution in [3.8, 4) is 0 Å². The molecule has 2 rings (SSSR count). The summed E-state index contributed by atoms with van der Waals surface area (Å²) in [5, 5.41) is 7.98. The Kier molecular flexibility index (Phi) is 3.52. The molecule has 0 aliphatic carbocycles. The highest BCUT2D eigenvalue weighted by Crippen LogP contribution is 2.14. The van der Waals surface area contributed by atoms with Gasteiger partial charge in [0.05, 0.1) is 13.2 Å². The molecule has 0 bridgehead atoms. The average Bonchev–Trinajstić information content (AvgIpc) is 2.76. The number of rotatable bonds is 4. The first kappa shape index (κ1) is 10.4. The quantitative estimate of drug-likeness (QED) is 0.744. The van der Waals surface area contributed by atoms with Crippen LogP contribution in [0.3, 0.4) is 0 Å². The van der Waals surface area contributed by atoms with Crippen LogP contribution in [0.4, 0.5) is 6.01 Å². The molecule has 2 heterocycles. The second-order valence-corrected chi connectivity index (χ2v) is 3.47. The zero-order valence-electron chi connectivity index (χ0n) is 8.69. The molecule has 2 N–H and O–H groups in total. The first-order valence-corrected chi connectivity index (χ1v) is 5.25. The van der Waals surface area contributed by atoms with Crippen molar-refractivity contribution >= 4 is 6.01 Å². The van der Waals surface area contributed by atoms with Crippen LogP contribution in [0.5, 0.6) is 0 Å². The van der Waals surface area contributed by atoms with Crippen LogP contribution in [0.1, 0.15) is 12.3 Å². The van der Waals surface area contributed by atoms with Crippen LogP contribution < -0.4 is 10.6 Å². The molecule has 1 aliphatic rings. The second kappa shape index (κ2) is 5.09. The maximum absolute atomic E-state index is 5.52. The Labute approximate surface area is 88.4 Å². The number of nitrogens with zero attached hydrogens (tertiary/aromatic N) is 3. The summed E-state index contributed by atoms with van der Waals surface area (Å²) >= 11 is 0. The zero-order valence-corrected chi connectivity index (χ0v) is 8.69. The lowest BCUT2D eigenvalue weighted by Gasteiger charge is -2.24. The van der Waals surface area contributed by atoms with Gasteiger partial charge in [-0.05, 0) is 13.0 Å². The van der Waals surface area contributed by atoms with E-state index in [-0.39, 0.29) is 0 Å². The van der Waals surface area contributed by atoms with E-state index in [1.54, 1.807) is 0 Å². The highest BCUT2D eigenvalue weighted by Gasteiger charge is 2.16. The Morgan fingerprint density at radius 3 is 2.80 bits per heavy atom. The van der Waals surface area contributed by atoms with Crippen LogP contribution in [0.15, 0.2) is 4.42 Å². The van der Waals surface area contributed by atoms with E-state index in [1.807, 2.05) is 4.90 Å². The minimum atomic E-state index is 0.602. The van der Waals surface area contributed by atoms with Crippen molar-refractivity contribution in [1.29, 1.82) is 0 Å². The summed E-state index contributed by atoms with van der Waals surface area (Å²) in [6, 6.07) is 0.602. The highest BCUT2D eigenvalue weighted by molar-refractivity contribution is 5.24. The number of aromatic nitrogens is 2. The summed E-state index contributed by atoms with van der Waals surface area (Å²) in [5.74, 6) is 0.668. The SMILES string of the molecule is NCCCc1nnc(N2CCOCC2)o1. The van der Waals surface area contributed by atoms with E-state index < -0.39 is 0 Å². The number of aryl methyl sites for hydroxylation is 1. The van der Waals surface area contributed by atoms with E-state index in [0.717, 1.165) is 39.1 Å². The summed E-state index contributed by atoms with van der Waals surface area (Å²) in [5.41, 5.74) is 5.41. The summed E-state index contributed by atoms with van der Waals surface area (Å²) in [7, 11) is 0. The molecule has 1 fully saturated rings. The van der Waals surface area contributed by atoms with E-state index in [0.29, 0.717) is 18.5 Å². The Morgan fingerprint density at radius 2 is 2.07 bits per heavy atom. The lowest BCUT2D eigenvalue weighted by Crippen LogP contribution is -2.36. The van der Waals surface area contributed by atoms with Crippen LogP contribution >= 0.6 is 0 Å². The van der Waals surface area contributed by atoms with Gasteiger partial charge in [-0.25, -0.2) is 0 Å². The largest absolute Gasteiger partial charge is 0.408 e. The fourth-order valence-electron chi connectivity index (χ4n) is 1.48. The van der Waals surface area contributed by atoms with Crippen molar-refractivity contribution in [1.82, 2.24) is 10.2 Å². The molecule has 1 aliphatic heterocycles. The molecule has 84 valence electrons. The van der Waals surface area contributed by atoms with Gasteiger partial charge in [0, 0.05) is 19.5 Å². The number of hydrogen-bond donors (Lipinski definition) is 1. The van der Waals surface area contributed by atoms with Crippen molar-refractivity contribution < 1.29 is 9.15 Å². The molecule has 0 amide bonds. The predicted octanol–water partition coefficient (Wildman–Crippen LogP) is -0.203. The molecule has 0 radical (unpaired) electrons. The summed E-state index contributed by atoms with van der Waals surface area (Å²) in [6.45, 7) is 3.73. The van der Waals surface area contributed by atoms with E-state index in [4.69, 9.17) is 14.9 Å². The Hall–Kier alpha value is -1.14. The third-order valence-electron chi connectivity index (χ3n) is 2.33. The van der Waals surface area contributed by atoms with Gasteiger partial charge in [0.15, 0.2) is 0 Å². The van der Waals surface area contributed by atoms with Gasteiger partial charge < -0.3 is 19.8 Å². The smallest absolute Gasteiger partial charge is 0.318 e. The molecule has 0 spiro atoms. The summed E-state index contributed by atoms with van der Waals surface area (Å²) < 4.78 is 10.8. The van der Waals surface area contributed by atoms with Crippen LogP contribution in [0.25, 0.3) is 0 Å². The minimum Gasteiger partial charge on any atom is -0.408 e. The second-order valence-electron chi connectivity index (χ2n) is 3.47. The summed E-state index contributed by atoms with van der Waals surface area (Å²) in [6.07, 6.45) is 1.64. The van der Waals surface area contributed by atoms with Gasteiger partial charge in [-0.2, -0.15) is 0 Å². The highest BCUT2D eigenvalue weighted by atomic mass is 16.5. The molecule has 15 heavy (non-hydrogen) atoms. The van der Waals surface area contributed by atoms with Gasteiger partial charge in [-0.15, -0.1) is 5.10 Å². The molecule has 1 aromatic heterocycles. The molecular formula is C9H16N4O2. The first-order valence-electron chi connectivity index (χ1n) is 5.25. The Bertz CT molecular complexity index is 296. The molecule has 0 unspecified atom stereocenters. The van der Waals surface area contributed by atoms with E-state index >= 15 is 0 Å². The van der Waals surface area contributed by atoms with Gasteiger partial charge >= 0.3 is 6.01 Å². The number of hydrogen-bond acceptors (Lipinski definition) is 6. The topological polar surface area (TPSA) is 77.4 Å². The van der Waals surface area contributed by atoms with Gasteiger partial charge in [0.2, 0.25) is 5.89 Å². The first-order chi connectivity index (χ1) is 7.40. The van der Waals surface area contributed by atoms with Crippen molar-refractivity contribution in [2.45, 2.75) is 12.8 Å². The van der Waals surface area contributed by atoms with Crippen molar-refractivity contribution in [3.63, 3.8) is 0 Å². The predicted molar refractivity (Wildman–Crippen MR) is 54.7 cm³/mol. The Balaban J connectivity index is 1.93. The van der Waals surface area contributed by atoms with E-state index in [2.05, 4.69) is 10.2 Å².